The Labute approximate surface area is 102 Å². The summed E-state index contributed by atoms with van der Waals surface area (Å²) >= 11 is 0. The molecule has 1 aromatic carbocycles. The number of likely N-dealkylation sites (N-methyl/N-ethyl adjacent to an activating group) is 1. The van der Waals surface area contributed by atoms with E-state index >= 15 is 0 Å². The Balaban J connectivity index is 1.90. The third-order valence-corrected chi connectivity index (χ3v) is 2.66. The Kier molecular flexibility index (Phi) is 3.86. The van der Waals surface area contributed by atoms with Crippen LogP contribution in [0.5, 0.6) is 11.5 Å². The number of hydrogen-bond donors (Lipinski definition) is 1. The van der Waals surface area contributed by atoms with E-state index in [4.69, 9.17) is 9.47 Å². The minimum absolute atomic E-state index is 0.0219. The summed E-state index contributed by atoms with van der Waals surface area (Å²) in [4.78, 5) is 2.05. The number of benzene rings is 1. The summed E-state index contributed by atoms with van der Waals surface area (Å²) in [5, 5.41) is 9.30. The van der Waals surface area contributed by atoms with Crippen molar-refractivity contribution < 1.29 is 14.6 Å². The predicted octanol–water partition coefficient (Wildman–Crippen LogP) is 1.14. The van der Waals surface area contributed by atoms with E-state index in [1.807, 2.05) is 36.2 Å². The molecule has 1 heterocycles. The molecule has 0 aromatic heterocycles. The highest BCUT2D eigenvalue weighted by Gasteiger charge is 2.21. The molecule has 4 heteroatoms. The summed E-state index contributed by atoms with van der Waals surface area (Å²) in [6, 6.07) is 7.69. The van der Waals surface area contributed by atoms with Gasteiger partial charge in [-0.3, -0.25) is 4.90 Å². The van der Waals surface area contributed by atoms with Crippen LogP contribution in [0.15, 0.2) is 24.3 Å². The molecular weight excluding hydrogens is 218 g/mol. The molecule has 2 atom stereocenters. The lowest BCUT2D eigenvalue weighted by molar-refractivity contribution is 0.0524. The topological polar surface area (TPSA) is 41.9 Å². The maximum absolute atomic E-state index is 9.30. The monoisotopic (exact) mass is 237 g/mol. The van der Waals surface area contributed by atoms with Gasteiger partial charge in [-0.25, -0.2) is 0 Å². The van der Waals surface area contributed by atoms with Crippen molar-refractivity contribution in [1.29, 1.82) is 0 Å². The Morgan fingerprint density at radius 2 is 2.12 bits per heavy atom. The SMILES string of the molecule is C[C@H](O)CN(C)C[C@@H]1COc2ccccc2O1. The van der Waals surface area contributed by atoms with Crippen molar-refractivity contribution in [3.05, 3.63) is 24.3 Å². The van der Waals surface area contributed by atoms with E-state index in [1.54, 1.807) is 6.92 Å². The minimum atomic E-state index is -0.322. The van der Waals surface area contributed by atoms with Crippen LogP contribution in [0.3, 0.4) is 0 Å². The number of fused-ring (bicyclic) bond motifs is 1. The van der Waals surface area contributed by atoms with Gasteiger partial charge in [-0.15, -0.1) is 0 Å². The first kappa shape index (κ1) is 12.2. The molecule has 1 aromatic rings. The molecule has 0 radical (unpaired) electrons. The average Bonchev–Trinajstić information content (AvgIpc) is 2.27. The van der Waals surface area contributed by atoms with Crippen LogP contribution in [-0.4, -0.2) is 49.0 Å². The molecule has 0 unspecified atom stereocenters. The number of nitrogens with zero attached hydrogens (tertiary/aromatic N) is 1. The lowest BCUT2D eigenvalue weighted by Gasteiger charge is -2.29. The molecule has 2 rings (SSSR count). The van der Waals surface area contributed by atoms with Gasteiger partial charge in [0.2, 0.25) is 0 Å². The molecule has 1 aliphatic rings. The van der Waals surface area contributed by atoms with E-state index in [0.717, 1.165) is 18.0 Å². The Morgan fingerprint density at radius 1 is 1.41 bits per heavy atom. The van der Waals surface area contributed by atoms with Gasteiger partial charge in [0.05, 0.1) is 6.10 Å². The van der Waals surface area contributed by atoms with Crippen LogP contribution in [0.25, 0.3) is 0 Å². The zero-order valence-electron chi connectivity index (χ0n) is 10.3. The normalized spacial score (nSPS) is 20.4. The third-order valence-electron chi connectivity index (χ3n) is 2.66. The second-order valence-corrected chi connectivity index (χ2v) is 4.57. The summed E-state index contributed by atoms with van der Waals surface area (Å²) < 4.78 is 11.5. The molecule has 1 aliphatic heterocycles. The van der Waals surface area contributed by atoms with Gasteiger partial charge in [0, 0.05) is 13.1 Å². The minimum Gasteiger partial charge on any atom is -0.486 e. The van der Waals surface area contributed by atoms with Gasteiger partial charge >= 0.3 is 0 Å². The fraction of sp³-hybridized carbons (Fsp3) is 0.538. The quantitative estimate of drug-likeness (QED) is 0.852. The van der Waals surface area contributed by atoms with Crippen LogP contribution in [0.2, 0.25) is 0 Å². The zero-order chi connectivity index (χ0) is 12.3. The summed E-state index contributed by atoms with van der Waals surface area (Å²) in [5.41, 5.74) is 0. The van der Waals surface area contributed by atoms with Crippen molar-refractivity contribution in [1.82, 2.24) is 4.90 Å². The maximum Gasteiger partial charge on any atom is 0.161 e. The highest BCUT2D eigenvalue weighted by molar-refractivity contribution is 5.40. The fourth-order valence-electron chi connectivity index (χ4n) is 2.03. The first-order valence-electron chi connectivity index (χ1n) is 5.90. The number of aliphatic hydroxyl groups excluding tert-OH is 1. The van der Waals surface area contributed by atoms with Crippen LogP contribution in [0.4, 0.5) is 0 Å². The van der Waals surface area contributed by atoms with Crippen LogP contribution < -0.4 is 9.47 Å². The molecule has 94 valence electrons. The molecule has 0 aliphatic carbocycles. The van der Waals surface area contributed by atoms with Gasteiger partial charge in [0.1, 0.15) is 12.7 Å². The first-order valence-corrected chi connectivity index (χ1v) is 5.90. The Bertz CT molecular complexity index is 367. The van der Waals surface area contributed by atoms with E-state index in [1.165, 1.54) is 0 Å². The van der Waals surface area contributed by atoms with Gasteiger partial charge in [0.25, 0.3) is 0 Å². The highest BCUT2D eigenvalue weighted by Crippen LogP contribution is 2.30. The van der Waals surface area contributed by atoms with E-state index < -0.39 is 0 Å². The van der Waals surface area contributed by atoms with E-state index in [9.17, 15) is 5.11 Å². The second kappa shape index (κ2) is 5.38. The molecule has 1 N–H and O–H groups in total. The molecule has 4 nitrogen and oxygen atoms in total. The van der Waals surface area contributed by atoms with E-state index in [0.29, 0.717) is 13.2 Å². The van der Waals surface area contributed by atoms with Gasteiger partial charge in [-0.1, -0.05) is 12.1 Å². The van der Waals surface area contributed by atoms with E-state index in [-0.39, 0.29) is 12.2 Å². The molecule has 0 saturated carbocycles. The highest BCUT2D eigenvalue weighted by atomic mass is 16.6. The molecule has 0 bridgehead atoms. The number of rotatable bonds is 4. The maximum atomic E-state index is 9.30. The average molecular weight is 237 g/mol. The summed E-state index contributed by atoms with van der Waals surface area (Å²) in [6.07, 6.45) is -0.301. The Morgan fingerprint density at radius 3 is 2.82 bits per heavy atom. The van der Waals surface area contributed by atoms with Crippen molar-refractivity contribution in [2.24, 2.45) is 0 Å². The largest absolute Gasteiger partial charge is 0.486 e. The van der Waals surface area contributed by atoms with Crippen LogP contribution in [0.1, 0.15) is 6.92 Å². The van der Waals surface area contributed by atoms with Crippen molar-refractivity contribution >= 4 is 0 Å². The van der Waals surface area contributed by atoms with Crippen molar-refractivity contribution in [3.8, 4) is 11.5 Å². The first-order chi connectivity index (χ1) is 8.15. The lowest BCUT2D eigenvalue weighted by Crippen LogP contribution is -2.41. The van der Waals surface area contributed by atoms with Crippen molar-refractivity contribution in [2.45, 2.75) is 19.1 Å². The number of ether oxygens (including phenoxy) is 2. The molecule has 17 heavy (non-hydrogen) atoms. The molecule has 0 amide bonds. The van der Waals surface area contributed by atoms with Gasteiger partial charge in [-0.05, 0) is 26.1 Å². The smallest absolute Gasteiger partial charge is 0.161 e. The number of aliphatic hydroxyl groups is 1. The standard InChI is InChI=1S/C13H19NO3/c1-10(15)7-14(2)8-11-9-16-12-5-3-4-6-13(12)17-11/h3-6,10-11,15H,7-9H2,1-2H3/t10-,11+/m0/s1. The van der Waals surface area contributed by atoms with Gasteiger partial charge in [0.15, 0.2) is 11.5 Å². The molecule has 0 spiro atoms. The Hall–Kier alpha value is -1.26. The van der Waals surface area contributed by atoms with Crippen LogP contribution in [0, 0.1) is 0 Å². The second-order valence-electron chi connectivity index (χ2n) is 4.57. The van der Waals surface area contributed by atoms with Gasteiger partial charge in [-0.2, -0.15) is 0 Å². The summed E-state index contributed by atoms with van der Waals surface area (Å²) in [7, 11) is 1.97. The fourth-order valence-corrected chi connectivity index (χ4v) is 2.03. The van der Waals surface area contributed by atoms with Crippen molar-refractivity contribution in [3.63, 3.8) is 0 Å². The zero-order valence-corrected chi connectivity index (χ0v) is 10.3. The molecule has 0 saturated heterocycles. The predicted molar refractivity (Wildman–Crippen MR) is 65.5 cm³/mol. The molecule has 0 fully saturated rings. The molecular formula is C13H19NO3. The van der Waals surface area contributed by atoms with Crippen LogP contribution >= 0.6 is 0 Å². The van der Waals surface area contributed by atoms with Crippen LogP contribution in [-0.2, 0) is 0 Å². The van der Waals surface area contributed by atoms with Crippen molar-refractivity contribution in [2.75, 3.05) is 26.7 Å². The number of para-hydroxylation sites is 2. The van der Waals surface area contributed by atoms with E-state index in [2.05, 4.69) is 0 Å². The lowest BCUT2D eigenvalue weighted by atomic mass is 10.2. The summed E-state index contributed by atoms with van der Waals surface area (Å²) in [6.45, 7) is 3.73. The number of hydrogen-bond acceptors (Lipinski definition) is 4. The summed E-state index contributed by atoms with van der Waals surface area (Å²) in [5.74, 6) is 1.61. The van der Waals surface area contributed by atoms with Gasteiger partial charge < -0.3 is 14.6 Å². The third kappa shape index (κ3) is 3.35.